The fourth-order valence-corrected chi connectivity index (χ4v) is 1.18. The summed E-state index contributed by atoms with van der Waals surface area (Å²) in [4.78, 5) is 0. The first-order chi connectivity index (χ1) is 3.13. The van der Waals surface area contributed by atoms with E-state index < -0.39 is 20.7 Å². The van der Waals surface area contributed by atoms with Crippen LogP contribution in [-0.4, -0.2) is 13.0 Å². The molecular formula is C3H9IN2O. The lowest BCUT2D eigenvalue weighted by Crippen LogP contribution is -2.12. The Morgan fingerprint density at radius 2 is 2.29 bits per heavy atom. The van der Waals surface area contributed by atoms with Crippen molar-refractivity contribution in [2.75, 3.05) is 0 Å². The molecule has 0 spiro atoms. The Kier molecular flexibility index (Phi) is 3.72. The van der Waals surface area contributed by atoms with E-state index in [-0.39, 0.29) is 7.87 Å². The van der Waals surface area contributed by atoms with Crippen LogP contribution in [0.15, 0.2) is 0 Å². The molecule has 4 heteroatoms. The van der Waals surface area contributed by atoms with Crippen LogP contribution in [0.2, 0.25) is 0 Å². The summed E-state index contributed by atoms with van der Waals surface area (Å²) in [6.45, 7) is 1.83. The fourth-order valence-electron chi connectivity index (χ4n) is 0.176. The highest BCUT2D eigenvalue weighted by atomic mass is 127. The van der Waals surface area contributed by atoms with E-state index in [0.29, 0.717) is 0 Å². The van der Waals surface area contributed by atoms with Gasteiger partial charge >= 0.3 is 0 Å². The molecule has 0 saturated carbocycles. The summed E-state index contributed by atoms with van der Waals surface area (Å²) in [7, 11) is 0. The maximum atomic E-state index is 8.39. The number of nitrogens with two attached hydrogens (primary N) is 2. The Balaban J connectivity index is 3.45. The second-order valence-electron chi connectivity index (χ2n) is 1.11. The van der Waals surface area contributed by atoms with Crippen molar-refractivity contribution in [3.8, 4) is 0 Å². The van der Waals surface area contributed by atoms with Gasteiger partial charge in [0, 0.05) is 0 Å². The second kappa shape index (κ2) is 3.48. The zero-order valence-corrected chi connectivity index (χ0v) is 6.21. The van der Waals surface area contributed by atoms with Gasteiger partial charge in [-0.25, -0.2) is 0 Å². The van der Waals surface area contributed by atoms with Gasteiger partial charge in [0.15, 0.2) is 0 Å². The summed E-state index contributed by atoms with van der Waals surface area (Å²) < 4.78 is 0.0950. The van der Waals surface area contributed by atoms with Gasteiger partial charge in [0.1, 0.15) is 3.82 Å². The van der Waals surface area contributed by atoms with E-state index in [1.165, 1.54) is 0 Å². The average Bonchev–Trinajstić information content (AvgIpc) is 1.27. The van der Waals surface area contributed by atoms with Crippen molar-refractivity contribution >= 4 is 24.5 Å². The normalized spacial score (nSPS) is 18.0. The summed E-state index contributed by atoms with van der Waals surface area (Å²) in [6.07, 6.45) is 0. The topological polar surface area (TPSA) is 72.3 Å². The molecule has 0 fully saturated rings. The first-order valence-corrected chi connectivity index (χ1v) is 4.15. The van der Waals surface area contributed by atoms with Crippen LogP contribution < -0.4 is 11.5 Å². The van der Waals surface area contributed by atoms with Gasteiger partial charge in [-0.15, -0.1) is 0 Å². The third kappa shape index (κ3) is 6.48. The molecule has 0 radical (unpaired) electrons. The summed E-state index contributed by atoms with van der Waals surface area (Å²) in [5.74, 6) is 0. The van der Waals surface area contributed by atoms with Gasteiger partial charge in [-0.1, -0.05) is 20.7 Å². The van der Waals surface area contributed by atoms with Crippen molar-refractivity contribution in [2.24, 2.45) is 11.5 Å². The van der Waals surface area contributed by atoms with Crippen LogP contribution in [0, 0.1) is 0 Å². The largest absolute Gasteiger partial charge is 0.347 e. The number of rotatable bonds is 1. The van der Waals surface area contributed by atoms with Gasteiger partial charge in [0.25, 0.3) is 0 Å². The lowest BCUT2D eigenvalue weighted by atomic mass is 10.8. The quantitative estimate of drug-likeness (QED) is 0.319. The molecule has 0 saturated heterocycles. The monoisotopic (exact) mass is 216 g/mol. The van der Waals surface area contributed by atoms with Gasteiger partial charge in [0.05, 0.1) is 4.05 Å². The molecule has 0 amide bonds. The van der Waals surface area contributed by atoms with Crippen molar-refractivity contribution in [1.29, 1.82) is 0 Å². The van der Waals surface area contributed by atoms with E-state index in [4.69, 9.17) is 16.6 Å². The molecular weight excluding hydrogens is 207 g/mol. The van der Waals surface area contributed by atoms with E-state index in [2.05, 4.69) is 0 Å². The van der Waals surface area contributed by atoms with E-state index in [1.807, 2.05) is 6.92 Å². The zero-order chi connectivity index (χ0) is 5.86. The number of hydrogen-bond acceptors (Lipinski definition) is 3. The standard InChI is InChI=1S/C3H9IN2O/c1-2(5)4-3(6)7/h2,7H,5-6H2,1H3/t2-/m1/s1. The predicted octanol–water partition coefficient (Wildman–Crippen LogP) is -0.320. The van der Waals surface area contributed by atoms with Crippen LogP contribution in [-0.2, 0) is 0 Å². The number of aliphatic hydroxyl groups excluding tert-OH is 1. The molecule has 3 nitrogen and oxygen atoms in total. The Bertz CT molecular complexity index is 77.0. The number of hydrogen-bond donors (Lipinski definition) is 3. The number of aliphatic hydroxyl groups is 1. The summed E-state index contributed by atoms with van der Waals surface area (Å²) in [5, 5.41) is 8.39. The highest BCUT2D eigenvalue weighted by Crippen LogP contribution is 1.99. The van der Waals surface area contributed by atoms with Crippen molar-refractivity contribution in [3.05, 3.63) is 0 Å². The first-order valence-electron chi connectivity index (χ1n) is 1.83. The third-order valence-electron chi connectivity index (χ3n) is 0.284. The van der Waals surface area contributed by atoms with E-state index in [9.17, 15) is 0 Å². The number of halogens is 1. The number of alkyl halides is 1. The van der Waals surface area contributed by atoms with Gasteiger partial charge in [-0.05, 0) is 6.92 Å². The predicted molar refractivity (Wildman–Crippen MR) is 38.8 cm³/mol. The highest BCUT2D eigenvalue weighted by molar-refractivity contribution is 14.2. The SMILES string of the molecule is C[C@@H](N)I=C(N)O. The van der Waals surface area contributed by atoms with E-state index >= 15 is 0 Å². The molecule has 0 aliphatic rings. The highest BCUT2D eigenvalue weighted by Gasteiger charge is 1.85. The Morgan fingerprint density at radius 1 is 1.86 bits per heavy atom. The van der Waals surface area contributed by atoms with Crippen LogP contribution in [0.4, 0.5) is 0 Å². The molecule has 5 N–H and O–H groups in total. The minimum absolute atomic E-state index is 0.0220. The molecule has 0 bridgehead atoms. The lowest BCUT2D eigenvalue weighted by Gasteiger charge is -1.91. The zero-order valence-electron chi connectivity index (χ0n) is 4.06. The molecule has 0 rings (SSSR count). The third-order valence-corrected chi connectivity index (χ3v) is 1.90. The molecule has 0 aromatic carbocycles. The van der Waals surface area contributed by atoms with Gasteiger partial charge in [-0.3, -0.25) is 5.73 Å². The van der Waals surface area contributed by atoms with Crippen molar-refractivity contribution in [1.82, 2.24) is 0 Å². The van der Waals surface area contributed by atoms with Crippen molar-refractivity contribution in [2.45, 2.75) is 11.0 Å². The fraction of sp³-hybridized carbons (Fsp3) is 0.667. The molecule has 0 aliphatic heterocycles. The van der Waals surface area contributed by atoms with Crippen LogP contribution in [0.25, 0.3) is 0 Å². The molecule has 0 aromatic heterocycles. The maximum absolute atomic E-state index is 8.39. The molecule has 7 heavy (non-hydrogen) atoms. The second-order valence-corrected chi connectivity index (χ2v) is 4.80. The summed E-state index contributed by atoms with van der Waals surface area (Å²) in [6, 6.07) is 0. The molecule has 0 aromatic rings. The first kappa shape index (κ1) is 7.48. The molecule has 44 valence electrons. The summed E-state index contributed by atoms with van der Waals surface area (Å²) in [5.41, 5.74) is 10.2. The lowest BCUT2D eigenvalue weighted by molar-refractivity contribution is 0.562. The van der Waals surface area contributed by atoms with E-state index in [0.717, 1.165) is 0 Å². The van der Waals surface area contributed by atoms with Crippen LogP contribution >= 0.6 is 20.7 Å². The van der Waals surface area contributed by atoms with Crippen molar-refractivity contribution < 1.29 is 5.11 Å². The maximum Gasteiger partial charge on any atom is 0.144 e. The molecule has 1 atom stereocenters. The molecule has 0 heterocycles. The van der Waals surface area contributed by atoms with Gasteiger partial charge in [0.2, 0.25) is 0 Å². The van der Waals surface area contributed by atoms with E-state index in [1.54, 1.807) is 0 Å². The van der Waals surface area contributed by atoms with Crippen LogP contribution in [0.5, 0.6) is 0 Å². The smallest absolute Gasteiger partial charge is 0.144 e. The van der Waals surface area contributed by atoms with Crippen LogP contribution in [0.1, 0.15) is 6.92 Å². The van der Waals surface area contributed by atoms with Gasteiger partial charge in [-0.2, -0.15) is 0 Å². The minimum Gasteiger partial charge on any atom is -0.347 e. The van der Waals surface area contributed by atoms with Gasteiger partial charge < -0.3 is 10.8 Å². The molecule has 0 unspecified atom stereocenters. The Hall–Kier alpha value is 0.480. The minimum atomic E-state index is -0.467. The summed E-state index contributed by atoms with van der Waals surface area (Å²) >= 11 is -0.467. The molecule has 0 aliphatic carbocycles. The van der Waals surface area contributed by atoms with Crippen molar-refractivity contribution in [3.63, 3.8) is 0 Å². The average molecular weight is 216 g/mol. The van der Waals surface area contributed by atoms with Crippen LogP contribution in [0.3, 0.4) is 0 Å². The Morgan fingerprint density at radius 3 is 2.29 bits per heavy atom. The Labute approximate surface area is 52.4 Å².